The summed E-state index contributed by atoms with van der Waals surface area (Å²) in [4.78, 5) is 0. The Kier molecular flexibility index (Phi) is 2.70. The van der Waals surface area contributed by atoms with Crippen LogP contribution in [-0.2, 0) is 6.42 Å². The van der Waals surface area contributed by atoms with Gasteiger partial charge in [-0.25, -0.2) is 4.39 Å². The highest BCUT2D eigenvalue weighted by atomic mass is 19.1. The van der Waals surface area contributed by atoms with Crippen molar-refractivity contribution < 1.29 is 4.39 Å². The molecule has 1 saturated carbocycles. The van der Waals surface area contributed by atoms with Crippen LogP contribution in [0.1, 0.15) is 49.8 Å². The van der Waals surface area contributed by atoms with Crippen LogP contribution in [0.3, 0.4) is 0 Å². The Hall–Kier alpha value is -0.890. The lowest BCUT2D eigenvalue weighted by Crippen LogP contribution is -2.38. The van der Waals surface area contributed by atoms with Crippen LogP contribution in [-0.4, -0.2) is 6.54 Å². The molecule has 17 heavy (non-hydrogen) atoms. The van der Waals surface area contributed by atoms with E-state index in [-0.39, 0.29) is 5.82 Å². The number of nitrogens with one attached hydrogen (secondary N) is 1. The molecule has 92 valence electrons. The fraction of sp³-hybridized carbons (Fsp3) is 0.600. The molecule has 2 aliphatic rings. The first-order valence-electron chi connectivity index (χ1n) is 6.68. The van der Waals surface area contributed by atoms with E-state index >= 15 is 0 Å². The van der Waals surface area contributed by atoms with Gasteiger partial charge in [0.1, 0.15) is 5.82 Å². The third-order valence-corrected chi connectivity index (χ3v) is 4.52. The van der Waals surface area contributed by atoms with Crippen LogP contribution in [0, 0.1) is 11.2 Å². The molecule has 0 bridgehead atoms. The van der Waals surface area contributed by atoms with Crippen molar-refractivity contribution in [3.63, 3.8) is 0 Å². The first kappa shape index (κ1) is 11.2. The topological polar surface area (TPSA) is 12.0 Å². The molecule has 1 N–H and O–H groups in total. The Morgan fingerprint density at radius 1 is 1.41 bits per heavy atom. The zero-order chi connectivity index (χ0) is 11.9. The van der Waals surface area contributed by atoms with Gasteiger partial charge in [-0.05, 0) is 54.4 Å². The third kappa shape index (κ3) is 2.11. The Balaban J connectivity index is 1.67. The molecule has 0 aliphatic heterocycles. The lowest BCUT2D eigenvalue weighted by molar-refractivity contribution is 0.150. The fourth-order valence-corrected chi connectivity index (χ4v) is 3.12. The quantitative estimate of drug-likeness (QED) is 0.841. The molecular formula is C15H20FN. The summed E-state index contributed by atoms with van der Waals surface area (Å²) in [7, 11) is 0. The maximum atomic E-state index is 13.1. The van der Waals surface area contributed by atoms with Gasteiger partial charge in [0, 0.05) is 12.6 Å². The monoisotopic (exact) mass is 233 g/mol. The highest BCUT2D eigenvalue weighted by Crippen LogP contribution is 2.40. The summed E-state index contributed by atoms with van der Waals surface area (Å²) in [6.07, 6.45) is 6.22. The molecule has 1 atom stereocenters. The number of hydrogen-bond acceptors (Lipinski definition) is 1. The molecule has 0 aromatic heterocycles. The second-order valence-electron chi connectivity index (χ2n) is 5.98. The van der Waals surface area contributed by atoms with Gasteiger partial charge in [0.25, 0.3) is 0 Å². The van der Waals surface area contributed by atoms with Crippen LogP contribution in [0.15, 0.2) is 18.2 Å². The largest absolute Gasteiger partial charge is 0.309 e. The molecule has 1 aromatic carbocycles. The van der Waals surface area contributed by atoms with E-state index < -0.39 is 0 Å². The molecule has 0 spiro atoms. The first-order chi connectivity index (χ1) is 8.16. The average Bonchev–Trinajstić information content (AvgIpc) is 2.66. The predicted octanol–water partition coefficient (Wildman–Crippen LogP) is 3.59. The normalized spacial score (nSPS) is 25.4. The molecule has 2 heteroatoms. The van der Waals surface area contributed by atoms with Gasteiger partial charge in [-0.2, -0.15) is 0 Å². The van der Waals surface area contributed by atoms with E-state index in [2.05, 4.69) is 12.2 Å². The second-order valence-corrected chi connectivity index (χ2v) is 5.98. The van der Waals surface area contributed by atoms with Gasteiger partial charge in [-0.1, -0.05) is 19.4 Å². The summed E-state index contributed by atoms with van der Waals surface area (Å²) >= 11 is 0. The smallest absolute Gasteiger partial charge is 0.123 e. The Labute approximate surface area is 102 Å². The molecule has 1 nitrogen and oxygen atoms in total. The summed E-state index contributed by atoms with van der Waals surface area (Å²) in [6.45, 7) is 3.47. The predicted molar refractivity (Wildman–Crippen MR) is 67.4 cm³/mol. The van der Waals surface area contributed by atoms with Gasteiger partial charge in [-0.15, -0.1) is 0 Å². The molecule has 3 rings (SSSR count). The van der Waals surface area contributed by atoms with Crippen molar-refractivity contribution >= 4 is 0 Å². The lowest BCUT2D eigenvalue weighted by Gasteiger charge is -2.39. The van der Waals surface area contributed by atoms with E-state index in [1.165, 1.54) is 30.4 Å². The minimum atomic E-state index is -0.102. The van der Waals surface area contributed by atoms with Crippen molar-refractivity contribution in [1.29, 1.82) is 0 Å². The first-order valence-corrected chi connectivity index (χ1v) is 6.68. The third-order valence-electron chi connectivity index (χ3n) is 4.52. The van der Waals surface area contributed by atoms with E-state index in [0.29, 0.717) is 11.5 Å². The van der Waals surface area contributed by atoms with Gasteiger partial charge in [0.05, 0.1) is 0 Å². The summed E-state index contributed by atoms with van der Waals surface area (Å²) in [5.41, 5.74) is 3.03. The molecule has 0 radical (unpaired) electrons. The Bertz CT molecular complexity index is 423. The minimum absolute atomic E-state index is 0.102. The fourth-order valence-electron chi connectivity index (χ4n) is 3.12. The molecule has 0 amide bonds. The van der Waals surface area contributed by atoms with Crippen LogP contribution in [0.2, 0.25) is 0 Å². The highest BCUT2D eigenvalue weighted by molar-refractivity contribution is 5.34. The summed E-state index contributed by atoms with van der Waals surface area (Å²) < 4.78 is 13.1. The van der Waals surface area contributed by atoms with E-state index in [0.717, 1.165) is 19.4 Å². The van der Waals surface area contributed by atoms with Gasteiger partial charge >= 0.3 is 0 Å². The molecular weight excluding hydrogens is 213 g/mol. The van der Waals surface area contributed by atoms with Crippen molar-refractivity contribution in [3.8, 4) is 0 Å². The van der Waals surface area contributed by atoms with Crippen LogP contribution in [0.4, 0.5) is 4.39 Å². The number of halogens is 1. The summed E-state index contributed by atoms with van der Waals surface area (Å²) in [5, 5.41) is 3.68. The van der Waals surface area contributed by atoms with E-state index in [1.54, 1.807) is 12.1 Å². The van der Waals surface area contributed by atoms with Gasteiger partial charge in [0.2, 0.25) is 0 Å². The number of aryl methyl sites for hydroxylation is 1. The SMILES string of the molecule is CC1(CNC2CCc3cc(F)ccc32)CCC1. The summed E-state index contributed by atoms with van der Waals surface area (Å²) in [5.74, 6) is -0.102. The second kappa shape index (κ2) is 4.09. The van der Waals surface area contributed by atoms with Gasteiger partial charge in [-0.3, -0.25) is 0 Å². The molecule has 1 unspecified atom stereocenters. The van der Waals surface area contributed by atoms with Crippen LogP contribution in [0.25, 0.3) is 0 Å². The number of rotatable bonds is 3. The van der Waals surface area contributed by atoms with Crippen molar-refractivity contribution in [1.82, 2.24) is 5.32 Å². The number of benzene rings is 1. The maximum Gasteiger partial charge on any atom is 0.123 e. The highest BCUT2D eigenvalue weighted by Gasteiger charge is 2.33. The minimum Gasteiger partial charge on any atom is -0.309 e. The van der Waals surface area contributed by atoms with Crippen LogP contribution >= 0.6 is 0 Å². The molecule has 0 heterocycles. The maximum absolute atomic E-state index is 13.1. The van der Waals surface area contributed by atoms with Crippen LogP contribution in [0.5, 0.6) is 0 Å². The van der Waals surface area contributed by atoms with Crippen molar-refractivity contribution in [3.05, 3.63) is 35.1 Å². The zero-order valence-corrected chi connectivity index (χ0v) is 10.4. The lowest BCUT2D eigenvalue weighted by atomic mass is 9.70. The van der Waals surface area contributed by atoms with E-state index in [1.807, 2.05) is 6.07 Å². The summed E-state index contributed by atoms with van der Waals surface area (Å²) in [6, 6.07) is 5.69. The number of fused-ring (bicyclic) bond motifs is 1. The molecule has 1 fully saturated rings. The van der Waals surface area contributed by atoms with Crippen molar-refractivity contribution in [2.75, 3.05) is 6.54 Å². The van der Waals surface area contributed by atoms with Gasteiger partial charge < -0.3 is 5.32 Å². The molecule has 2 aliphatic carbocycles. The van der Waals surface area contributed by atoms with Crippen LogP contribution < -0.4 is 5.32 Å². The van der Waals surface area contributed by atoms with Crippen molar-refractivity contribution in [2.24, 2.45) is 5.41 Å². The Morgan fingerprint density at radius 2 is 2.24 bits per heavy atom. The number of hydrogen-bond donors (Lipinski definition) is 1. The zero-order valence-electron chi connectivity index (χ0n) is 10.4. The molecule has 1 aromatic rings. The average molecular weight is 233 g/mol. The van der Waals surface area contributed by atoms with Crippen molar-refractivity contribution in [2.45, 2.75) is 45.1 Å². The Morgan fingerprint density at radius 3 is 2.94 bits per heavy atom. The standard InChI is InChI=1S/C15H20FN/c1-15(7-2-8-15)10-17-14-6-3-11-9-12(16)4-5-13(11)14/h4-5,9,14,17H,2-3,6-8,10H2,1H3. The van der Waals surface area contributed by atoms with Gasteiger partial charge in [0.15, 0.2) is 0 Å². The van der Waals surface area contributed by atoms with E-state index in [9.17, 15) is 4.39 Å². The van der Waals surface area contributed by atoms with E-state index in [4.69, 9.17) is 0 Å². The molecule has 0 saturated heterocycles.